The monoisotopic (exact) mass is 155 g/mol. The van der Waals surface area contributed by atoms with Crippen molar-refractivity contribution in [2.45, 2.75) is 26.2 Å². The molecular weight excluding hydrogens is 138 g/mol. The molecule has 64 valence electrons. The van der Waals surface area contributed by atoms with E-state index in [4.69, 9.17) is 11.5 Å². The Labute approximate surface area is 69.0 Å². The van der Waals surface area contributed by atoms with Crippen molar-refractivity contribution in [1.82, 2.24) is 5.32 Å². The molecule has 0 bridgehead atoms. The summed E-state index contributed by atoms with van der Waals surface area (Å²) in [6.45, 7) is 3.25. The van der Waals surface area contributed by atoms with Crippen LogP contribution in [0.4, 0.5) is 0 Å². The van der Waals surface area contributed by atoms with Crippen LogP contribution in [0.5, 0.6) is 0 Å². The summed E-state index contributed by atoms with van der Waals surface area (Å²) in [4.78, 5) is 0. The van der Waals surface area contributed by atoms with Crippen molar-refractivity contribution < 1.29 is 5.11 Å². The lowest BCUT2D eigenvalue weighted by atomic mass is 10.0. The van der Waals surface area contributed by atoms with Crippen molar-refractivity contribution in [3.05, 3.63) is 0 Å². The number of rotatable bonds is 6. The molecule has 0 aliphatic rings. The Bertz CT molecular complexity index is 113. The van der Waals surface area contributed by atoms with Crippen LogP contribution in [0.3, 0.4) is 0 Å². The highest BCUT2D eigenvalue weighted by molar-refractivity contribution is 4.79. The summed E-state index contributed by atoms with van der Waals surface area (Å²) in [5, 5.41) is 11.6. The van der Waals surface area contributed by atoms with Crippen LogP contribution in [0.2, 0.25) is 0 Å². The minimum atomic E-state index is 0.298. The molecule has 0 aromatic rings. The van der Waals surface area contributed by atoms with E-state index in [0.717, 1.165) is 25.8 Å². The molecule has 0 aliphatic heterocycles. The van der Waals surface area contributed by atoms with Gasteiger partial charge >= 0.3 is 0 Å². The lowest BCUT2D eigenvalue weighted by Crippen LogP contribution is -2.11. The molecule has 0 rings (SSSR count). The standard InChI is InChI=1S/C9H17NO/c1-3-9(8-11)6-5-7-10-4-2/h2,9-11H,3,5-8H2,1H3. The van der Waals surface area contributed by atoms with Gasteiger partial charge in [-0.2, -0.15) is 0 Å². The van der Waals surface area contributed by atoms with Crippen LogP contribution in [-0.4, -0.2) is 18.3 Å². The first-order valence-electron chi connectivity index (χ1n) is 4.14. The summed E-state index contributed by atoms with van der Waals surface area (Å²) in [5.74, 6) is 0.453. The highest BCUT2D eigenvalue weighted by Crippen LogP contribution is 2.08. The third kappa shape index (κ3) is 5.75. The molecule has 0 aromatic carbocycles. The van der Waals surface area contributed by atoms with Crippen LogP contribution >= 0.6 is 0 Å². The Morgan fingerprint density at radius 2 is 2.36 bits per heavy atom. The maximum Gasteiger partial charge on any atom is 0.0459 e. The molecule has 0 amide bonds. The molecule has 0 heterocycles. The fourth-order valence-corrected chi connectivity index (χ4v) is 0.976. The second-order valence-corrected chi connectivity index (χ2v) is 2.67. The Morgan fingerprint density at radius 3 is 2.82 bits per heavy atom. The van der Waals surface area contributed by atoms with Crippen molar-refractivity contribution >= 4 is 0 Å². The second kappa shape index (κ2) is 7.43. The lowest BCUT2D eigenvalue weighted by molar-refractivity contribution is 0.213. The van der Waals surface area contributed by atoms with Gasteiger partial charge in [0.2, 0.25) is 0 Å². The molecular formula is C9H17NO. The smallest absolute Gasteiger partial charge is 0.0459 e. The molecule has 2 nitrogen and oxygen atoms in total. The minimum Gasteiger partial charge on any atom is -0.396 e. The van der Waals surface area contributed by atoms with Crippen LogP contribution in [0.1, 0.15) is 26.2 Å². The SMILES string of the molecule is C#CNCCCC(CC)CO. The summed E-state index contributed by atoms with van der Waals surface area (Å²) in [7, 11) is 0. The van der Waals surface area contributed by atoms with Crippen molar-refractivity contribution in [2.24, 2.45) is 5.92 Å². The van der Waals surface area contributed by atoms with Gasteiger partial charge in [-0.25, -0.2) is 0 Å². The highest BCUT2D eigenvalue weighted by atomic mass is 16.3. The van der Waals surface area contributed by atoms with E-state index in [1.54, 1.807) is 0 Å². The normalized spacial score (nSPS) is 12.1. The molecule has 1 unspecified atom stereocenters. The quantitative estimate of drug-likeness (QED) is 0.340. The van der Waals surface area contributed by atoms with Crippen LogP contribution in [0.25, 0.3) is 0 Å². The molecule has 0 aliphatic carbocycles. The Hall–Kier alpha value is -0.680. The number of nitrogens with one attached hydrogen (secondary N) is 1. The molecule has 0 radical (unpaired) electrons. The molecule has 1 atom stereocenters. The van der Waals surface area contributed by atoms with Gasteiger partial charge in [0.25, 0.3) is 0 Å². The zero-order chi connectivity index (χ0) is 8.53. The van der Waals surface area contributed by atoms with Gasteiger partial charge in [0, 0.05) is 19.2 Å². The predicted molar refractivity (Wildman–Crippen MR) is 46.9 cm³/mol. The van der Waals surface area contributed by atoms with Gasteiger partial charge in [0.15, 0.2) is 0 Å². The zero-order valence-electron chi connectivity index (χ0n) is 7.14. The third-order valence-electron chi connectivity index (χ3n) is 1.85. The number of terminal acetylenes is 1. The van der Waals surface area contributed by atoms with E-state index in [1.165, 1.54) is 0 Å². The third-order valence-corrected chi connectivity index (χ3v) is 1.85. The summed E-state index contributed by atoms with van der Waals surface area (Å²) in [6, 6.07) is 2.36. The highest BCUT2D eigenvalue weighted by Gasteiger charge is 2.02. The largest absolute Gasteiger partial charge is 0.396 e. The van der Waals surface area contributed by atoms with Gasteiger partial charge in [-0.1, -0.05) is 19.8 Å². The lowest BCUT2D eigenvalue weighted by Gasteiger charge is -2.09. The minimum absolute atomic E-state index is 0.298. The first-order valence-corrected chi connectivity index (χ1v) is 4.14. The molecule has 0 fully saturated rings. The van der Waals surface area contributed by atoms with E-state index >= 15 is 0 Å². The van der Waals surface area contributed by atoms with E-state index in [0.29, 0.717) is 12.5 Å². The fourth-order valence-electron chi connectivity index (χ4n) is 0.976. The molecule has 0 saturated carbocycles. The van der Waals surface area contributed by atoms with Crippen LogP contribution in [0, 0.1) is 18.4 Å². The van der Waals surface area contributed by atoms with Gasteiger partial charge < -0.3 is 10.4 Å². The number of aliphatic hydroxyl groups excluding tert-OH is 1. The Kier molecular flexibility index (Phi) is 6.97. The molecule has 2 heteroatoms. The topological polar surface area (TPSA) is 32.3 Å². The summed E-state index contributed by atoms with van der Waals surface area (Å²) < 4.78 is 0. The van der Waals surface area contributed by atoms with Crippen LogP contribution in [-0.2, 0) is 0 Å². The molecule has 0 saturated heterocycles. The Balaban J connectivity index is 3.16. The van der Waals surface area contributed by atoms with Gasteiger partial charge in [-0.15, -0.1) is 0 Å². The molecule has 11 heavy (non-hydrogen) atoms. The fraction of sp³-hybridized carbons (Fsp3) is 0.778. The molecule has 0 spiro atoms. The summed E-state index contributed by atoms with van der Waals surface area (Å²) >= 11 is 0. The second-order valence-electron chi connectivity index (χ2n) is 2.67. The van der Waals surface area contributed by atoms with Gasteiger partial charge in [-0.05, 0) is 18.8 Å². The maximum absolute atomic E-state index is 8.82. The van der Waals surface area contributed by atoms with E-state index in [9.17, 15) is 0 Å². The predicted octanol–water partition coefficient (Wildman–Crippen LogP) is 0.965. The van der Waals surface area contributed by atoms with Crippen molar-refractivity contribution in [3.8, 4) is 12.5 Å². The van der Waals surface area contributed by atoms with E-state index in [1.807, 2.05) is 0 Å². The van der Waals surface area contributed by atoms with Crippen molar-refractivity contribution in [3.63, 3.8) is 0 Å². The number of hydrogen-bond donors (Lipinski definition) is 2. The van der Waals surface area contributed by atoms with Gasteiger partial charge in [0.1, 0.15) is 0 Å². The van der Waals surface area contributed by atoms with Crippen molar-refractivity contribution in [2.75, 3.05) is 13.2 Å². The average molecular weight is 155 g/mol. The summed E-state index contributed by atoms with van der Waals surface area (Å²) in [6.07, 6.45) is 8.15. The van der Waals surface area contributed by atoms with Crippen molar-refractivity contribution in [1.29, 1.82) is 0 Å². The number of aliphatic hydroxyl groups is 1. The van der Waals surface area contributed by atoms with Gasteiger partial charge in [0.05, 0.1) is 0 Å². The van der Waals surface area contributed by atoms with Crippen LogP contribution < -0.4 is 5.32 Å². The maximum atomic E-state index is 8.82. The first kappa shape index (κ1) is 10.3. The molecule has 0 aromatic heterocycles. The van der Waals surface area contributed by atoms with E-state index in [2.05, 4.69) is 18.3 Å². The first-order chi connectivity index (χ1) is 5.35. The average Bonchev–Trinajstić information content (AvgIpc) is 2.05. The van der Waals surface area contributed by atoms with Gasteiger partial charge in [-0.3, -0.25) is 0 Å². The zero-order valence-corrected chi connectivity index (χ0v) is 7.14. The van der Waals surface area contributed by atoms with E-state index < -0.39 is 0 Å². The van der Waals surface area contributed by atoms with Crippen LogP contribution in [0.15, 0.2) is 0 Å². The van der Waals surface area contributed by atoms with E-state index in [-0.39, 0.29) is 0 Å². The Morgan fingerprint density at radius 1 is 1.64 bits per heavy atom. The molecule has 2 N–H and O–H groups in total. The number of hydrogen-bond acceptors (Lipinski definition) is 2. The summed E-state index contributed by atoms with van der Waals surface area (Å²) in [5.41, 5.74) is 0.